The van der Waals surface area contributed by atoms with Crippen molar-refractivity contribution in [2.45, 2.75) is 13.8 Å². The van der Waals surface area contributed by atoms with Gasteiger partial charge in [-0.15, -0.1) is 11.3 Å². The highest BCUT2D eigenvalue weighted by Crippen LogP contribution is 2.34. The molecule has 0 atom stereocenters. The Hall–Kier alpha value is -2.22. The first-order chi connectivity index (χ1) is 10.9. The highest BCUT2D eigenvalue weighted by atomic mass is 32.1. The minimum absolute atomic E-state index is 0.0299. The summed E-state index contributed by atoms with van der Waals surface area (Å²) in [7, 11) is 5.21. The second-order valence-electron chi connectivity index (χ2n) is 5.30. The van der Waals surface area contributed by atoms with Crippen LogP contribution in [0.15, 0.2) is 6.33 Å². The van der Waals surface area contributed by atoms with Gasteiger partial charge in [0.05, 0.1) is 18.5 Å². The molecule has 0 radical (unpaired) electrons. The fourth-order valence-corrected chi connectivity index (χ4v) is 3.19. The lowest BCUT2D eigenvalue weighted by Gasteiger charge is -2.20. The van der Waals surface area contributed by atoms with Crippen molar-refractivity contribution in [3.05, 3.63) is 16.8 Å². The van der Waals surface area contributed by atoms with Crippen LogP contribution in [0.1, 0.15) is 22.2 Å². The maximum Gasteiger partial charge on any atom is 0.348 e. The predicted octanol–water partition coefficient (Wildman–Crippen LogP) is 1.70. The van der Waals surface area contributed by atoms with E-state index in [9.17, 15) is 9.59 Å². The summed E-state index contributed by atoms with van der Waals surface area (Å²) in [6.45, 7) is 4.14. The van der Waals surface area contributed by atoms with Gasteiger partial charge < -0.3 is 14.5 Å². The summed E-state index contributed by atoms with van der Waals surface area (Å²) in [6, 6.07) is 0. The van der Waals surface area contributed by atoms with E-state index in [1.807, 2.05) is 6.92 Å². The molecule has 0 saturated carbocycles. The van der Waals surface area contributed by atoms with Crippen molar-refractivity contribution in [1.82, 2.24) is 14.9 Å². The number of aromatic nitrogens is 2. The second-order valence-corrected chi connectivity index (χ2v) is 6.30. The summed E-state index contributed by atoms with van der Waals surface area (Å²) in [5.41, 5.74) is 0.781. The fraction of sp³-hybridized carbons (Fsp3) is 0.467. The van der Waals surface area contributed by atoms with Crippen molar-refractivity contribution in [1.29, 1.82) is 0 Å². The van der Waals surface area contributed by atoms with Gasteiger partial charge >= 0.3 is 5.97 Å². The number of carbonyl (C=O) groups excluding carboxylic acids is 2. The lowest BCUT2D eigenvalue weighted by molar-refractivity contribution is -0.127. The van der Waals surface area contributed by atoms with E-state index in [1.165, 1.54) is 22.6 Å². The molecule has 0 N–H and O–H groups in total. The van der Waals surface area contributed by atoms with E-state index in [0.717, 1.165) is 10.9 Å². The third kappa shape index (κ3) is 3.42. The van der Waals surface area contributed by atoms with Crippen LogP contribution in [0.25, 0.3) is 10.2 Å². The Morgan fingerprint density at radius 1 is 1.26 bits per heavy atom. The minimum Gasteiger partial charge on any atom is -0.462 e. The Morgan fingerprint density at radius 3 is 2.57 bits per heavy atom. The highest BCUT2D eigenvalue weighted by Gasteiger charge is 2.22. The Morgan fingerprint density at radius 2 is 1.96 bits per heavy atom. The topological polar surface area (TPSA) is 75.6 Å². The monoisotopic (exact) mass is 336 g/mol. The number of ether oxygens (including phenoxy) is 1. The first-order valence-electron chi connectivity index (χ1n) is 7.19. The van der Waals surface area contributed by atoms with Gasteiger partial charge in [0.2, 0.25) is 5.91 Å². The molecule has 1 amide bonds. The molecule has 0 saturated heterocycles. The summed E-state index contributed by atoms with van der Waals surface area (Å²) in [5, 5.41) is 0.787. The summed E-state index contributed by atoms with van der Waals surface area (Å²) in [5.74, 6) is 0.248. The van der Waals surface area contributed by atoms with E-state index in [-0.39, 0.29) is 18.4 Å². The molecule has 0 aliphatic rings. The molecule has 0 unspecified atom stereocenters. The summed E-state index contributed by atoms with van der Waals surface area (Å²) < 4.78 is 5.08. The second kappa shape index (κ2) is 6.91. The van der Waals surface area contributed by atoms with Crippen molar-refractivity contribution in [3.8, 4) is 0 Å². The van der Waals surface area contributed by atoms with E-state index in [4.69, 9.17) is 4.74 Å². The summed E-state index contributed by atoms with van der Waals surface area (Å²) >= 11 is 1.28. The molecule has 2 heterocycles. The van der Waals surface area contributed by atoms with Gasteiger partial charge in [-0.25, -0.2) is 14.8 Å². The third-order valence-corrected chi connectivity index (χ3v) is 4.58. The average Bonchev–Trinajstić information content (AvgIpc) is 2.84. The van der Waals surface area contributed by atoms with Crippen LogP contribution in [0.5, 0.6) is 0 Å². The Balaban J connectivity index is 2.45. The molecule has 124 valence electrons. The standard InChI is InChI=1S/C15H20N4O3S/c1-6-22-15(21)12-9(2)11-13(16-8-17-14(11)23-12)19(5)7-10(20)18(3)4/h8H,6-7H2,1-5H3. The molecule has 0 aliphatic heterocycles. The third-order valence-electron chi connectivity index (χ3n) is 3.40. The molecular weight excluding hydrogens is 316 g/mol. The van der Waals surface area contributed by atoms with Crippen LogP contribution in [-0.2, 0) is 9.53 Å². The summed E-state index contributed by atoms with van der Waals surface area (Å²) in [4.78, 5) is 37.0. The molecule has 2 aromatic heterocycles. The van der Waals surface area contributed by atoms with E-state index < -0.39 is 0 Å². The van der Waals surface area contributed by atoms with Crippen LogP contribution in [0.3, 0.4) is 0 Å². The van der Waals surface area contributed by atoms with Crippen molar-refractivity contribution < 1.29 is 14.3 Å². The number of hydrogen-bond acceptors (Lipinski definition) is 7. The van der Waals surface area contributed by atoms with Gasteiger partial charge in [0, 0.05) is 21.1 Å². The molecule has 8 heteroatoms. The number of amides is 1. The first kappa shape index (κ1) is 17.1. The normalized spacial score (nSPS) is 10.7. The zero-order valence-corrected chi connectivity index (χ0v) is 14.7. The molecule has 0 aromatic carbocycles. The maximum atomic E-state index is 12.0. The van der Waals surface area contributed by atoms with Gasteiger partial charge in [-0.2, -0.15) is 0 Å². The molecule has 2 aromatic rings. The number of esters is 1. The van der Waals surface area contributed by atoms with Crippen LogP contribution >= 0.6 is 11.3 Å². The molecule has 0 fully saturated rings. The largest absolute Gasteiger partial charge is 0.462 e. The SMILES string of the molecule is CCOC(=O)c1sc2ncnc(N(C)CC(=O)N(C)C)c2c1C. The van der Waals surface area contributed by atoms with Crippen LogP contribution in [0.2, 0.25) is 0 Å². The van der Waals surface area contributed by atoms with Crippen LogP contribution in [0, 0.1) is 6.92 Å². The zero-order chi connectivity index (χ0) is 17.1. The van der Waals surface area contributed by atoms with Crippen LogP contribution in [0.4, 0.5) is 5.82 Å². The lowest BCUT2D eigenvalue weighted by Crippen LogP contribution is -2.34. The fourth-order valence-electron chi connectivity index (χ4n) is 2.15. The number of hydrogen-bond donors (Lipinski definition) is 0. The number of fused-ring (bicyclic) bond motifs is 1. The lowest BCUT2D eigenvalue weighted by atomic mass is 10.2. The van der Waals surface area contributed by atoms with Gasteiger partial charge in [0.1, 0.15) is 21.9 Å². The van der Waals surface area contributed by atoms with E-state index >= 15 is 0 Å². The molecule has 0 bridgehead atoms. The predicted molar refractivity (Wildman–Crippen MR) is 90.1 cm³/mol. The van der Waals surface area contributed by atoms with Crippen LogP contribution in [-0.4, -0.2) is 61.0 Å². The van der Waals surface area contributed by atoms with Crippen molar-refractivity contribution in [2.75, 3.05) is 39.2 Å². The molecule has 7 nitrogen and oxygen atoms in total. The Bertz CT molecular complexity index is 742. The maximum absolute atomic E-state index is 12.0. The quantitative estimate of drug-likeness (QED) is 0.774. The molecule has 0 aliphatic carbocycles. The molecular formula is C15H20N4O3S. The molecule has 23 heavy (non-hydrogen) atoms. The average molecular weight is 336 g/mol. The van der Waals surface area contributed by atoms with Crippen LogP contribution < -0.4 is 4.90 Å². The number of nitrogens with zero attached hydrogens (tertiary/aromatic N) is 4. The number of anilines is 1. The van der Waals surface area contributed by atoms with Gasteiger partial charge in [-0.05, 0) is 19.4 Å². The van der Waals surface area contributed by atoms with Gasteiger partial charge in [-0.3, -0.25) is 4.79 Å². The van der Waals surface area contributed by atoms with Gasteiger partial charge in [0.25, 0.3) is 0 Å². The number of carbonyl (C=O) groups is 2. The van der Waals surface area contributed by atoms with Gasteiger partial charge in [0.15, 0.2) is 0 Å². The minimum atomic E-state index is -0.356. The Kier molecular flexibility index (Phi) is 5.15. The number of likely N-dealkylation sites (N-methyl/N-ethyl adjacent to an activating group) is 2. The van der Waals surface area contributed by atoms with Crippen molar-refractivity contribution in [3.63, 3.8) is 0 Å². The Labute approximate surface area is 138 Å². The number of aryl methyl sites for hydroxylation is 1. The van der Waals surface area contributed by atoms with E-state index in [1.54, 1.807) is 33.0 Å². The summed E-state index contributed by atoms with van der Waals surface area (Å²) in [6.07, 6.45) is 1.44. The van der Waals surface area contributed by atoms with Crippen molar-refractivity contribution >= 4 is 39.2 Å². The first-order valence-corrected chi connectivity index (χ1v) is 8.01. The number of rotatable bonds is 5. The van der Waals surface area contributed by atoms with E-state index in [0.29, 0.717) is 22.1 Å². The number of thiophene rings is 1. The van der Waals surface area contributed by atoms with Gasteiger partial charge in [-0.1, -0.05) is 0 Å². The molecule has 0 spiro atoms. The molecule has 2 rings (SSSR count). The van der Waals surface area contributed by atoms with E-state index in [2.05, 4.69) is 9.97 Å². The zero-order valence-electron chi connectivity index (χ0n) is 13.9. The smallest absolute Gasteiger partial charge is 0.348 e. The highest BCUT2D eigenvalue weighted by molar-refractivity contribution is 7.20. The van der Waals surface area contributed by atoms with Crippen molar-refractivity contribution in [2.24, 2.45) is 0 Å².